The second-order valence-electron chi connectivity index (χ2n) is 4.57. The first-order valence-electron chi connectivity index (χ1n) is 6.16. The van der Waals surface area contributed by atoms with Crippen LogP contribution in [0, 0.1) is 0 Å². The van der Waals surface area contributed by atoms with E-state index in [1.807, 2.05) is 14.0 Å². The van der Waals surface area contributed by atoms with Crippen molar-refractivity contribution in [2.45, 2.75) is 38.1 Å². The van der Waals surface area contributed by atoms with Crippen LogP contribution < -0.4 is 5.73 Å². The first-order valence-corrected chi connectivity index (χ1v) is 6.16. The van der Waals surface area contributed by atoms with Crippen molar-refractivity contribution in [3.63, 3.8) is 0 Å². The van der Waals surface area contributed by atoms with E-state index in [0.29, 0.717) is 12.8 Å². The van der Waals surface area contributed by atoms with Crippen molar-refractivity contribution in [3.8, 4) is 0 Å². The Hall–Kier alpha value is -0.650. The summed E-state index contributed by atoms with van der Waals surface area (Å²) in [6.07, 6.45) is 2.79. The lowest BCUT2D eigenvalue weighted by atomic mass is 9.92. The average molecular weight is 246 g/mol. The third-order valence-corrected chi connectivity index (χ3v) is 3.11. The number of nitrogens with zero attached hydrogens (tertiary/aromatic N) is 1. The van der Waals surface area contributed by atoms with Gasteiger partial charge in [-0.2, -0.15) is 0 Å². The molecule has 0 radical (unpaired) electrons. The molecule has 0 aliphatic carbocycles. The number of ether oxygens (including phenoxy) is 1. The lowest BCUT2D eigenvalue weighted by Crippen LogP contribution is -2.47. The molecule has 5 heteroatoms. The minimum Gasteiger partial charge on any atom is -0.480 e. The molecular weight excluding hydrogens is 220 g/mol. The van der Waals surface area contributed by atoms with E-state index in [0.717, 1.165) is 32.5 Å². The van der Waals surface area contributed by atoms with Gasteiger partial charge in [0.05, 0.1) is 0 Å². The van der Waals surface area contributed by atoms with E-state index >= 15 is 0 Å². The number of carboxylic acid groups (broad SMARTS) is 1. The van der Waals surface area contributed by atoms with Crippen LogP contribution in [0.2, 0.25) is 0 Å². The predicted octanol–water partition coefficient (Wildman–Crippen LogP) is 0.927. The molecule has 5 nitrogen and oxygen atoms in total. The van der Waals surface area contributed by atoms with Gasteiger partial charge >= 0.3 is 5.97 Å². The van der Waals surface area contributed by atoms with Crippen LogP contribution in [0.15, 0.2) is 0 Å². The quantitative estimate of drug-likeness (QED) is 0.561. The van der Waals surface area contributed by atoms with Gasteiger partial charge in [-0.15, -0.1) is 0 Å². The highest BCUT2D eigenvalue weighted by Crippen LogP contribution is 2.14. The standard InChI is InChI=1S/C12H26N2O3/c1-4-12(13,11(15)16)7-5-8-14(2)9-6-10-17-3/h4-10,13H2,1-3H3,(H,15,16). The summed E-state index contributed by atoms with van der Waals surface area (Å²) in [5, 5.41) is 9.02. The molecule has 0 aliphatic rings. The molecule has 17 heavy (non-hydrogen) atoms. The molecule has 0 bridgehead atoms. The number of nitrogens with two attached hydrogens (primary N) is 1. The van der Waals surface area contributed by atoms with E-state index < -0.39 is 11.5 Å². The molecule has 0 aromatic heterocycles. The van der Waals surface area contributed by atoms with Crippen LogP contribution in [0.1, 0.15) is 32.6 Å². The summed E-state index contributed by atoms with van der Waals surface area (Å²) in [4.78, 5) is 13.2. The van der Waals surface area contributed by atoms with Gasteiger partial charge in [-0.05, 0) is 39.3 Å². The van der Waals surface area contributed by atoms with Crippen molar-refractivity contribution in [2.75, 3.05) is 33.9 Å². The Morgan fingerprint density at radius 1 is 1.41 bits per heavy atom. The van der Waals surface area contributed by atoms with E-state index in [2.05, 4.69) is 4.90 Å². The fourth-order valence-corrected chi connectivity index (χ4v) is 1.69. The molecule has 0 heterocycles. The van der Waals surface area contributed by atoms with Gasteiger partial charge in [-0.3, -0.25) is 4.79 Å². The topological polar surface area (TPSA) is 75.8 Å². The largest absolute Gasteiger partial charge is 0.480 e. The molecular formula is C12H26N2O3. The van der Waals surface area contributed by atoms with Crippen molar-refractivity contribution in [1.29, 1.82) is 0 Å². The zero-order valence-corrected chi connectivity index (χ0v) is 11.2. The zero-order valence-electron chi connectivity index (χ0n) is 11.2. The number of rotatable bonds is 10. The molecule has 0 spiro atoms. The number of carboxylic acids is 1. The molecule has 1 atom stereocenters. The molecule has 0 amide bonds. The first kappa shape index (κ1) is 16.4. The van der Waals surface area contributed by atoms with Crippen LogP contribution in [0.25, 0.3) is 0 Å². The lowest BCUT2D eigenvalue weighted by molar-refractivity contribution is -0.143. The minimum absolute atomic E-state index is 0.468. The second kappa shape index (κ2) is 8.44. The minimum atomic E-state index is -1.06. The number of hydrogen-bond donors (Lipinski definition) is 2. The molecule has 0 fully saturated rings. The van der Waals surface area contributed by atoms with Crippen molar-refractivity contribution in [2.24, 2.45) is 5.73 Å². The van der Waals surface area contributed by atoms with Gasteiger partial charge in [0.1, 0.15) is 5.54 Å². The Labute approximate surface area is 104 Å². The van der Waals surface area contributed by atoms with Gasteiger partial charge in [0, 0.05) is 20.3 Å². The van der Waals surface area contributed by atoms with Crippen molar-refractivity contribution >= 4 is 5.97 Å². The molecule has 1 unspecified atom stereocenters. The molecule has 0 saturated carbocycles. The maximum Gasteiger partial charge on any atom is 0.323 e. The number of hydrogen-bond acceptors (Lipinski definition) is 4. The third-order valence-electron chi connectivity index (χ3n) is 3.11. The Morgan fingerprint density at radius 3 is 2.47 bits per heavy atom. The highest BCUT2D eigenvalue weighted by atomic mass is 16.5. The Balaban J connectivity index is 3.77. The Morgan fingerprint density at radius 2 is 2.00 bits per heavy atom. The third kappa shape index (κ3) is 6.61. The van der Waals surface area contributed by atoms with Gasteiger partial charge in [-0.1, -0.05) is 6.92 Å². The molecule has 0 aliphatic heterocycles. The fourth-order valence-electron chi connectivity index (χ4n) is 1.69. The van der Waals surface area contributed by atoms with E-state index in [1.54, 1.807) is 7.11 Å². The van der Waals surface area contributed by atoms with E-state index in [9.17, 15) is 4.79 Å². The Bertz CT molecular complexity index is 224. The maximum absolute atomic E-state index is 11.0. The van der Waals surface area contributed by atoms with Crippen LogP contribution in [-0.2, 0) is 9.53 Å². The van der Waals surface area contributed by atoms with Crippen molar-refractivity contribution < 1.29 is 14.6 Å². The van der Waals surface area contributed by atoms with Gasteiger partial charge in [0.2, 0.25) is 0 Å². The van der Waals surface area contributed by atoms with Gasteiger partial charge in [0.25, 0.3) is 0 Å². The molecule has 102 valence electrons. The lowest BCUT2D eigenvalue weighted by Gasteiger charge is -2.24. The zero-order chi connectivity index (χ0) is 13.3. The van der Waals surface area contributed by atoms with E-state index in [4.69, 9.17) is 15.6 Å². The molecule has 0 saturated heterocycles. The number of methoxy groups -OCH3 is 1. The smallest absolute Gasteiger partial charge is 0.323 e. The Kier molecular flexibility index (Phi) is 8.12. The molecule has 0 aromatic rings. The van der Waals surface area contributed by atoms with E-state index in [-0.39, 0.29) is 0 Å². The van der Waals surface area contributed by atoms with E-state index in [1.165, 1.54) is 0 Å². The summed E-state index contributed by atoms with van der Waals surface area (Å²) < 4.78 is 4.98. The highest BCUT2D eigenvalue weighted by Gasteiger charge is 2.30. The predicted molar refractivity (Wildman–Crippen MR) is 68.1 cm³/mol. The van der Waals surface area contributed by atoms with Crippen LogP contribution in [0.4, 0.5) is 0 Å². The van der Waals surface area contributed by atoms with Crippen molar-refractivity contribution in [3.05, 3.63) is 0 Å². The first-order chi connectivity index (χ1) is 7.96. The molecule has 0 rings (SSSR count). The summed E-state index contributed by atoms with van der Waals surface area (Å²) in [6.45, 7) is 4.41. The van der Waals surface area contributed by atoms with Gasteiger partial charge in [0.15, 0.2) is 0 Å². The molecule has 0 aromatic carbocycles. The number of aliphatic carboxylic acids is 1. The average Bonchev–Trinajstić information content (AvgIpc) is 2.29. The van der Waals surface area contributed by atoms with Crippen LogP contribution in [0.5, 0.6) is 0 Å². The SMILES string of the molecule is CCC(N)(CCCN(C)CCCOC)C(=O)O. The monoisotopic (exact) mass is 246 g/mol. The molecule has 3 N–H and O–H groups in total. The number of carbonyl (C=O) groups is 1. The fraction of sp³-hybridized carbons (Fsp3) is 0.917. The second-order valence-corrected chi connectivity index (χ2v) is 4.57. The van der Waals surface area contributed by atoms with Crippen LogP contribution in [-0.4, -0.2) is 55.4 Å². The van der Waals surface area contributed by atoms with Gasteiger partial charge in [-0.25, -0.2) is 0 Å². The highest BCUT2D eigenvalue weighted by molar-refractivity contribution is 5.78. The summed E-state index contributed by atoms with van der Waals surface area (Å²) in [7, 11) is 3.72. The van der Waals surface area contributed by atoms with Crippen LogP contribution >= 0.6 is 0 Å². The maximum atomic E-state index is 11.0. The summed E-state index contributed by atoms with van der Waals surface area (Å²) in [5.74, 6) is -0.901. The summed E-state index contributed by atoms with van der Waals surface area (Å²) >= 11 is 0. The summed E-state index contributed by atoms with van der Waals surface area (Å²) in [5.41, 5.74) is 4.75. The van der Waals surface area contributed by atoms with Gasteiger partial charge < -0.3 is 20.5 Å². The summed E-state index contributed by atoms with van der Waals surface area (Å²) in [6, 6.07) is 0. The van der Waals surface area contributed by atoms with Crippen molar-refractivity contribution in [1.82, 2.24) is 4.90 Å². The normalized spacial score (nSPS) is 14.9. The van der Waals surface area contributed by atoms with Crippen LogP contribution in [0.3, 0.4) is 0 Å².